The second kappa shape index (κ2) is 8.12. The lowest BCUT2D eigenvalue weighted by Crippen LogP contribution is -2.46. The summed E-state index contributed by atoms with van der Waals surface area (Å²) in [4.78, 5) is 27.1. The summed E-state index contributed by atoms with van der Waals surface area (Å²) in [6.45, 7) is 0. The molecule has 2 aliphatic rings. The monoisotopic (exact) mass is 427 g/mol. The molecule has 0 bridgehead atoms. The van der Waals surface area contributed by atoms with Crippen molar-refractivity contribution >= 4 is 28.7 Å². The topological polar surface area (TPSA) is 102 Å². The normalized spacial score (nSPS) is 19.3. The van der Waals surface area contributed by atoms with Crippen LogP contribution in [0, 0.1) is 5.92 Å². The summed E-state index contributed by atoms with van der Waals surface area (Å²) in [5.74, 6) is -0.361. The SMILES string of the molecule is CN(C)C(=O)c1cccc(NC2=C(NC(CC3CC3)c3cccs3)C(O)C2=O)c1O. The van der Waals surface area contributed by atoms with E-state index >= 15 is 0 Å². The van der Waals surface area contributed by atoms with Crippen molar-refractivity contribution in [2.45, 2.75) is 31.4 Å². The number of amides is 1. The Labute approximate surface area is 179 Å². The van der Waals surface area contributed by atoms with E-state index in [1.54, 1.807) is 37.6 Å². The van der Waals surface area contributed by atoms with Gasteiger partial charge in [-0.2, -0.15) is 0 Å². The summed E-state index contributed by atoms with van der Waals surface area (Å²) in [6, 6.07) is 8.80. The molecule has 7 nitrogen and oxygen atoms in total. The zero-order valence-electron chi connectivity index (χ0n) is 16.9. The van der Waals surface area contributed by atoms with Crippen molar-refractivity contribution in [3.8, 4) is 5.75 Å². The Morgan fingerprint density at radius 1 is 1.27 bits per heavy atom. The number of hydrogen-bond acceptors (Lipinski definition) is 7. The quantitative estimate of drug-likeness (QED) is 0.483. The van der Waals surface area contributed by atoms with Gasteiger partial charge in [-0.05, 0) is 35.9 Å². The molecule has 0 radical (unpaired) electrons. The van der Waals surface area contributed by atoms with Crippen LogP contribution in [0.3, 0.4) is 0 Å². The number of anilines is 1. The molecule has 2 unspecified atom stereocenters. The van der Waals surface area contributed by atoms with E-state index in [4.69, 9.17) is 0 Å². The number of aliphatic hydroxyl groups is 1. The van der Waals surface area contributed by atoms with E-state index in [0.29, 0.717) is 11.6 Å². The molecule has 1 aromatic carbocycles. The molecular formula is C22H25N3O4S. The molecule has 158 valence electrons. The van der Waals surface area contributed by atoms with Gasteiger partial charge < -0.3 is 25.7 Å². The highest BCUT2D eigenvalue weighted by molar-refractivity contribution is 7.10. The highest BCUT2D eigenvalue weighted by atomic mass is 32.1. The Hall–Kier alpha value is -2.84. The first-order chi connectivity index (χ1) is 14.4. The molecule has 8 heteroatoms. The van der Waals surface area contributed by atoms with Crippen molar-refractivity contribution in [2.24, 2.45) is 5.92 Å². The van der Waals surface area contributed by atoms with Crippen molar-refractivity contribution in [2.75, 3.05) is 19.4 Å². The number of para-hydroxylation sites is 1. The summed E-state index contributed by atoms with van der Waals surface area (Å²) < 4.78 is 0. The number of ketones is 1. The van der Waals surface area contributed by atoms with Crippen LogP contribution in [-0.2, 0) is 4.79 Å². The number of phenolic OH excluding ortho intramolecular Hbond substituents is 1. The predicted octanol–water partition coefficient (Wildman–Crippen LogP) is 2.85. The first-order valence-electron chi connectivity index (χ1n) is 9.93. The second-order valence-electron chi connectivity index (χ2n) is 7.97. The van der Waals surface area contributed by atoms with Crippen molar-refractivity contribution in [1.82, 2.24) is 10.2 Å². The standard InChI is InChI=1S/C22H25N3O4S/c1-25(2)22(29)13-5-3-6-14(19(13)26)23-17-18(21(28)20(17)27)24-15(11-12-8-9-12)16-7-4-10-30-16/h3-7,10,12,15,21,23-24,26,28H,8-9,11H2,1-2H3. The fourth-order valence-electron chi connectivity index (χ4n) is 3.54. The van der Waals surface area contributed by atoms with Crippen molar-refractivity contribution < 1.29 is 19.8 Å². The number of carbonyl (C=O) groups excluding carboxylic acids is 2. The van der Waals surface area contributed by atoms with Gasteiger partial charge in [-0.3, -0.25) is 9.59 Å². The van der Waals surface area contributed by atoms with E-state index < -0.39 is 11.9 Å². The molecule has 1 fully saturated rings. The molecule has 1 saturated carbocycles. The molecule has 0 spiro atoms. The Morgan fingerprint density at radius 2 is 2.03 bits per heavy atom. The third-order valence-electron chi connectivity index (χ3n) is 5.45. The number of nitrogens with one attached hydrogen (secondary N) is 2. The third kappa shape index (κ3) is 3.93. The molecule has 0 aliphatic heterocycles. The van der Waals surface area contributed by atoms with Gasteiger partial charge in [0.15, 0.2) is 11.9 Å². The van der Waals surface area contributed by atoms with Crippen LogP contribution >= 0.6 is 11.3 Å². The van der Waals surface area contributed by atoms with Crippen molar-refractivity contribution in [3.63, 3.8) is 0 Å². The van der Waals surface area contributed by atoms with E-state index in [9.17, 15) is 19.8 Å². The number of thiophene rings is 1. The number of aliphatic hydroxyl groups excluding tert-OH is 1. The average Bonchev–Trinajstić information content (AvgIpc) is 3.39. The van der Waals surface area contributed by atoms with Gasteiger partial charge in [0.2, 0.25) is 5.78 Å². The number of aromatic hydroxyl groups is 1. The fraction of sp³-hybridized carbons (Fsp3) is 0.364. The molecule has 1 amide bonds. The van der Waals surface area contributed by atoms with Gasteiger partial charge >= 0.3 is 0 Å². The number of benzene rings is 1. The number of rotatable bonds is 8. The maximum absolute atomic E-state index is 12.4. The van der Waals surface area contributed by atoms with Gasteiger partial charge in [0.25, 0.3) is 5.91 Å². The highest BCUT2D eigenvalue weighted by Crippen LogP contribution is 2.40. The van der Waals surface area contributed by atoms with E-state index in [2.05, 4.69) is 10.6 Å². The van der Waals surface area contributed by atoms with Crippen LogP contribution < -0.4 is 10.6 Å². The zero-order chi connectivity index (χ0) is 21.4. The van der Waals surface area contributed by atoms with Crippen molar-refractivity contribution in [1.29, 1.82) is 0 Å². The van der Waals surface area contributed by atoms with Gasteiger partial charge in [0, 0.05) is 19.0 Å². The number of carbonyl (C=O) groups is 2. The Bertz CT molecular complexity index is 996. The Balaban J connectivity index is 1.60. The minimum Gasteiger partial charge on any atom is -0.505 e. The second-order valence-corrected chi connectivity index (χ2v) is 8.95. The van der Waals surface area contributed by atoms with Gasteiger partial charge in [-0.25, -0.2) is 0 Å². The summed E-state index contributed by atoms with van der Waals surface area (Å²) in [5, 5.41) is 29.1. The van der Waals surface area contributed by atoms with Gasteiger partial charge in [0.1, 0.15) is 5.70 Å². The first kappa shape index (κ1) is 20.4. The lowest BCUT2D eigenvalue weighted by Gasteiger charge is -2.33. The largest absolute Gasteiger partial charge is 0.505 e. The molecular weight excluding hydrogens is 402 g/mol. The maximum atomic E-state index is 12.4. The Morgan fingerprint density at radius 3 is 2.67 bits per heavy atom. The molecule has 2 atom stereocenters. The molecule has 4 rings (SSSR count). The summed E-state index contributed by atoms with van der Waals surface area (Å²) in [5.41, 5.74) is 1.01. The van der Waals surface area contributed by atoms with Crippen LogP contribution in [0.4, 0.5) is 5.69 Å². The van der Waals surface area contributed by atoms with Gasteiger partial charge in [-0.15, -0.1) is 11.3 Å². The number of hydrogen-bond donors (Lipinski definition) is 4. The number of nitrogens with zero attached hydrogens (tertiary/aromatic N) is 1. The molecule has 2 aromatic rings. The minimum absolute atomic E-state index is 0.0160. The average molecular weight is 428 g/mol. The number of Topliss-reactive ketones (excluding diaryl/α,β-unsaturated/α-hetero) is 1. The lowest BCUT2D eigenvalue weighted by molar-refractivity contribution is -0.124. The summed E-state index contributed by atoms with van der Waals surface area (Å²) in [7, 11) is 3.20. The van der Waals surface area contributed by atoms with Gasteiger partial charge in [0.05, 0.1) is 23.0 Å². The smallest absolute Gasteiger partial charge is 0.257 e. The van der Waals surface area contributed by atoms with E-state index in [0.717, 1.165) is 11.3 Å². The molecule has 1 aromatic heterocycles. The lowest BCUT2D eigenvalue weighted by atomic mass is 9.93. The molecule has 0 saturated heterocycles. The fourth-order valence-corrected chi connectivity index (χ4v) is 4.33. The van der Waals surface area contributed by atoms with Crippen LogP contribution in [0.5, 0.6) is 5.75 Å². The first-order valence-corrected chi connectivity index (χ1v) is 10.8. The summed E-state index contributed by atoms with van der Waals surface area (Å²) >= 11 is 1.64. The maximum Gasteiger partial charge on any atom is 0.257 e. The number of phenols is 1. The third-order valence-corrected chi connectivity index (χ3v) is 6.44. The van der Waals surface area contributed by atoms with Gasteiger partial charge in [-0.1, -0.05) is 25.0 Å². The predicted molar refractivity (Wildman–Crippen MR) is 115 cm³/mol. The van der Waals surface area contributed by atoms with E-state index in [1.807, 2.05) is 17.5 Å². The minimum atomic E-state index is -1.22. The Kier molecular flexibility index (Phi) is 5.53. The van der Waals surface area contributed by atoms with Crippen LogP contribution in [0.1, 0.15) is 40.5 Å². The molecule has 30 heavy (non-hydrogen) atoms. The van der Waals surface area contributed by atoms with E-state index in [1.165, 1.54) is 23.8 Å². The zero-order valence-corrected chi connectivity index (χ0v) is 17.7. The molecule has 1 heterocycles. The summed E-state index contributed by atoms with van der Waals surface area (Å²) in [6.07, 6.45) is 2.13. The molecule has 4 N–H and O–H groups in total. The van der Waals surface area contributed by atoms with Crippen LogP contribution in [0.25, 0.3) is 0 Å². The van der Waals surface area contributed by atoms with E-state index in [-0.39, 0.29) is 34.6 Å². The van der Waals surface area contributed by atoms with Crippen LogP contribution in [0.2, 0.25) is 0 Å². The van der Waals surface area contributed by atoms with Crippen molar-refractivity contribution in [3.05, 3.63) is 57.5 Å². The highest BCUT2D eigenvalue weighted by Gasteiger charge is 2.40. The molecule has 2 aliphatic carbocycles. The van der Waals surface area contributed by atoms with Crippen LogP contribution in [0.15, 0.2) is 47.1 Å². The van der Waals surface area contributed by atoms with Crippen LogP contribution in [-0.4, -0.2) is 47.0 Å².